The van der Waals surface area contributed by atoms with Crippen molar-refractivity contribution in [3.63, 3.8) is 0 Å². The number of hydrogen-bond donors (Lipinski definition) is 1. The summed E-state index contributed by atoms with van der Waals surface area (Å²) in [5, 5.41) is 3.54. The highest BCUT2D eigenvalue weighted by atomic mass is 79.9. The van der Waals surface area contributed by atoms with Gasteiger partial charge in [0, 0.05) is 29.9 Å². The molecule has 0 saturated carbocycles. The number of carbonyl (C=O) groups is 1. The number of nitrogens with zero attached hydrogens (tertiary/aromatic N) is 1. The number of carbonyl (C=O) groups excluding carboxylic acids is 1. The first-order valence-corrected chi connectivity index (χ1v) is 11.6. The van der Waals surface area contributed by atoms with Crippen LogP contribution in [0.5, 0.6) is 0 Å². The Balaban J connectivity index is 0.00000407. The molecule has 0 saturated heterocycles. The van der Waals surface area contributed by atoms with Gasteiger partial charge in [-0.25, -0.2) is 0 Å². The van der Waals surface area contributed by atoms with Gasteiger partial charge < -0.3 is 5.32 Å². The zero-order valence-corrected chi connectivity index (χ0v) is 21.2. The van der Waals surface area contributed by atoms with Crippen molar-refractivity contribution in [1.82, 2.24) is 5.32 Å². The Labute approximate surface area is 192 Å². The van der Waals surface area contributed by atoms with Gasteiger partial charge in [-0.1, -0.05) is 85.6 Å². The summed E-state index contributed by atoms with van der Waals surface area (Å²) in [6.45, 7) is 15.8. The first-order chi connectivity index (χ1) is 14.4. The van der Waals surface area contributed by atoms with E-state index in [9.17, 15) is 4.79 Å². The van der Waals surface area contributed by atoms with Crippen LogP contribution in [-0.4, -0.2) is 32.1 Å². The molecule has 0 radical (unpaired) electrons. The molecule has 1 atom stereocenters. The van der Waals surface area contributed by atoms with E-state index in [2.05, 4.69) is 64.9 Å². The Morgan fingerprint density at radius 3 is 2.37 bits per heavy atom. The SMILES string of the molecule is C=C(/C=C(\C)CNCCC(CCC)c1ccc(C(C)=O)cc1)/C(Br)=C\C=NC.CC. The van der Waals surface area contributed by atoms with E-state index in [-0.39, 0.29) is 5.78 Å². The van der Waals surface area contributed by atoms with Crippen molar-refractivity contribution in [3.05, 3.63) is 69.8 Å². The molecule has 0 aliphatic heterocycles. The van der Waals surface area contributed by atoms with Gasteiger partial charge in [-0.2, -0.15) is 0 Å². The van der Waals surface area contributed by atoms with Crippen LogP contribution >= 0.6 is 15.9 Å². The maximum atomic E-state index is 11.5. The summed E-state index contributed by atoms with van der Waals surface area (Å²) >= 11 is 3.51. The quantitative estimate of drug-likeness (QED) is 0.150. The van der Waals surface area contributed by atoms with Gasteiger partial charge in [-0.3, -0.25) is 9.79 Å². The second kappa shape index (κ2) is 17.0. The fourth-order valence-corrected chi connectivity index (χ4v) is 3.28. The predicted octanol–water partition coefficient (Wildman–Crippen LogP) is 7.26. The third kappa shape index (κ3) is 11.4. The Bertz CT molecular complexity index is 730. The lowest BCUT2D eigenvalue weighted by atomic mass is 9.90. The number of halogens is 1. The Kier molecular flexibility index (Phi) is 16.0. The number of aliphatic imine (C=N–C) groups is 1. The Morgan fingerprint density at radius 2 is 1.83 bits per heavy atom. The summed E-state index contributed by atoms with van der Waals surface area (Å²) in [5.41, 5.74) is 4.28. The molecule has 3 nitrogen and oxygen atoms in total. The fourth-order valence-electron chi connectivity index (χ4n) is 3.04. The molecule has 0 aliphatic carbocycles. The number of hydrogen-bond acceptors (Lipinski definition) is 3. The van der Waals surface area contributed by atoms with Crippen LogP contribution in [0.3, 0.4) is 0 Å². The lowest BCUT2D eigenvalue weighted by molar-refractivity contribution is 0.101. The second-order valence-corrected chi connectivity index (χ2v) is 7.92. The number of ketones is 1. The minimum atomic E-state index is 0.118. The molecule has 0 spiro atoms. The van der Waals surface area contributed by atoms with Crippen LogP contribution in [0.15, 0.2) is 63.6 Å². The van der Waals surface area contributed by atoms with Gasteiger partial charge in [0.2, 0.25) is 0 Å². The zero-order chi connectivity index (χ0) is 22.9. The van der Waals surface area contributed by atoms with Gasteiger partial charge in [0.15, 0.2) is 5.78 Å². The summed E-state index contributed by atoms with van der Waals surface area (Å²) in [4.78, 5) is 15.4. The fraction of sp³-hybridized carbons (Fsp3) is 0.462. The molecule has 0 fully saturated rings. The van der Waals surface area contributed by atoms with E-state index < -0.39 is 0 Å². The second-order valence-electron chi connectivity index (χ2n) is 7.07. The van der Waals surface area contributed by atoms with E-state index in [0.29, 0.717) is 5.92 Å². The molecule has 4 heteroatoms. The summed E-state index contributed by atoms with van der Waals surface area (Å²) in [7, 11) is 1.74. The van der Waals surface area contributed by atoms with Gasteiger partial charge in [0.1, 0.15) is 0 Å². The average molecular weight is 476 g/mol. The van der Waals surface area contributed by atoms with Crippen molar-refractivity contribution in [1.29, 1.82) is 0 Å². The van der Waals surface area contributed by atoms with Crippen LogP contribution in [0, 0.1) is 0 Å². The smallest absolute Gasteiger partial charge is 0.159 e. The van der Waals surface area contributed by atoms with Crippen molar-refractivity contribution in [2.45, 2.75) is 59.8 Å². The van der Waals surface area contributed by atoms with Crippen LogP contribution < -0.4 is 5.32 Å². The molecule has 30 heavy (non-hydrogen) atoms. The highest BCUT2D eigenvalue weighted by Crippen LogP contribution is 2.25. The van der Waals surface area contributed by atoms with E-state index in [0.717, 1.165) is 48.0 Å². The van der Waals surface area contributed by atoms with Gasteiger partial charge >= 0.3 is 0 Å². The molecule has 0 aromatic heterocycles. The standard InChI is InChI=1S/C24H33BrN2O.C2H6/c1-6-7-22(23-10-8-21(9-11-23)20(4)28)12-15-27-17-18(2)16-19(3)24(25)13-14-26-5;1-2/h8-11,13-14,16,22,27H,3,6-7,12,15,17H2,1-2,4-5H3;1-2H3/b18-16+,24-13+,26-14?;. The Morgan fingerprint density at radius 1 is 1.20 bits per heavy atom. The number of nitrogens with one attached hydrogen (secondary N) is 1. The first kappa shape index (κ1) is 28.2. The van der Waals surface area contributed by atoms with Crippen molar-refractivity contribution in [3.8, 4) is 0 Å². The van der Waals surface area contributed by atoms with Crippen molar-refractivity contribution < 1.29 is 4.79 Å². The van der Waals surface area contributed by atoms with Crippen LogP contribution in [-0.2, 0) is 0 Å². The first-order valence-electron chi connectivity index (χ1n) is 10.8. The molecule has 1 aromatic rings. The minimum Gasteiger partial charge on any atom is -0.313 e. The maximum absolute atomic E-state index is 11.5. The summed E-state index contributed by atoms with van der Waals surface area (Å²) < 4.78 is 0.939. The topological polar surface area (TPSA) is 41.5 Å². The summed E-state index contributed by atoms with van der Waals surface area (Å²) in [6.07, 6.45) is 9.11. The third-order valence-corrected chi connectivity index (χ3v) is 5.37. The van der Waals surface area contributed by atoms with Crippen LogP contribution in [0.4, 0.5) is 0 Å². The highest BCUT2D eigenvalue weighted by Gasteiger charge is 2.11. The molecule has 1 rings (SSSR count). The van der Waals surface area contributed by atoms with E-state index in [4.69, 9.17) is 0 Å². The van der Waals surface area contributed by atoms with Gasteiger partial charge in [0.05, 0.1) is 0 Å². The molecule has 0 amide bonds. The normalized spacial score (nSPS) is 13.0. The Hall–Kier alpha value is -1.78. The van der Waals surface area contributed by atoms with Crippen molar-refractivity contribution >= 4 is 27.9 Å². The number of benzene rings is 1. The molecule has 0 aliphatic rings. The zero-order valence-electron chi connectivity index (χ0n) is 19.6. The summed E-state index contributed by atoms with van der Waals surface area (Å²) in [6, 6.07) is 8.10. The number of allylic oxidation sites excluding steroid dienone is 4. The molecule has 0 heterocycles. The largest absolute Gasteiger partial charge is 0.313 e. The van der Waals surface area contributed by atoms with Crippen LogP contribution in [0.2, 0.25) is 0 Å². The highest BCUT2D eigenvalue weighted by molar-refractivity contribution is 9.12. The average Bonchev–Trinajstić information content (AvgIpc) is 2.75. The lowest BCUT2D eigenvalue weighted by Crippen LogP contribution is -2.19. The maximum Gasteiger partial charge on any atom is 0.159 e. The lowest BCUT2D eigenvalue weighted by Gasteiger charge is -2.17. The van der Waals surface area contributed by atoms with E-state index >= 15 is 0 Å². The molecular weight excluding hydrogens is 436 g/mol. The van der Waals surface area contributed by atoms with Gasteiger partial charge in [-0.05, 0) is 56.4 Å². The van der Waals surface area contributed by atoms with Gasteiger partial charge in [0.25, 0.3) is 0 Å². The van der Waals surface area contributed by atoms with Crippen molar-refractivity contribution in [2.24, 2.45) is 4.99 Å². The molecule has 166 valence electrons. The molecule has 1 unspecified atom stereocenters. The molecule has 1 N–H and O–H groups in total. The minimum absolute atomic E-state index is 0.118. The molecule has 1 aromatic carbocycles. The van der Waals surface area contributed by atoms with E-state index in [1.54, 1.807) is 20.2 Å². The molecular formula is C26H39BrN2O. The van der Waals surface area contributed by atoms with Crippen molar-refractivity contribution in [2.75, 3.05) is 20.1 Å². The van der Waals surface area contributed by atoms with Crippen LogP contribution in [0.25, 0.3) is 0 Å². The van der Waals surface area contributed by atoms with E-state index in [1.807, 2.05) is 32.1 Å². The number of rotatable bonds is 12. The van der Waals surface area contributed by atoms with Gasteiger partial charge in [-0.15, -0.1) is 0 Å². The predicted molar refractivity (Wildman–Crippen MR) is 137 cm³/mol. The third-order valence-electron chi connectivity index (χ3n) is 4.60. The van der Waals surface area contributed by atoms with E-state index in [1.165, 1.54) is 11.1 Å². The van der Waals surface area contributed by atoms with Crippen LogP contribution in [0.1, 0.15) is 75.7 Å². The monoisotopic (exact) mass is 474 g/mol. The number of Topliss-reactive ketones (excluding diaryl/α,β-unsaturated/α-hetero) is 1. The molecule has 0 bridgehead atoms. The summed E-state index contributed by atoms with van der Waals surface area (Å²) in [5.74, 6) is 0.635.